The Morgan fingerprint density at radius 3 is 2.27 bits per heavy atom. The van der Waals surface area contributed by atoms with Crippen molar-refractivity contribution in [3.05, 3.63) is 53.3 Å². The van der Waals surface area contributed by atoms with E-state index >= 15 is 0 Å². The number of nitrogens with zero attached hydrogens (tertiary/aromatic N) is 2. The molecule has 0 radical (unpaired) electrons. The van der Waals surface area contributed by atoms with Gasteiger partial charge < -0.3 is 14.4 Å². The predicted octanol–water partition coefficient (Wildman–Crippen LogP) is 3.05. The number of methoxy groups -OCH3 is 2. The molecule has 1 amide bonds. The molecule has 2 aromatic carbocycles. The molecule has 0 aliphatic carbocycles. The molecular weight excluding hydrogens is 411 g/mol. The van der Waals surface area contributed by atoms with Gasteiger partial charge >= 0.3 is 0 Å². The number of benzene rings is 2. The van der Waals surface area contributed by atoms with Crippen molar-refractivity contribution in [2.24, 2.45) is 0 Å². The average molecular weight is 437 g/mol. The summed E-state index contributed by atoms with van der Waals surface area (Å²) in [7, 11) is -0.996. The van der Waals surface area contributed by atoms with E-state index in [1.165, 1.54) is 44.6 Å². The van der Waals surface area contributed by atoms with Crippen LogP contribution >= 0.6 is 0 Å². The van der Waals surface area contributed by atoms with Crippen LogP contribution in [0.2, 0.25) is 0 Å². The zero-order valence-corrected chi connectivity index (χ0v) is 18.0. The van der Waals surface area contributed by atoms with Crippen molar-refractivity contribution in [1.29, 1.82) is 0 Å². The first kappa shape index (κ1) is 21.9. The molecule has 1 fully saturated rings. The second-order valence-corrected chi connectivity index (χ2v) is 8.99. The Balaban J connectivity index is 2.17. The SMILES string of the molecule is COc1cc(C(=O)N2CCCC2)c(N(Cc2ccccc2F)S(C)(=O)=O)cc1OC. The molecule has 0 atom stereocenters. The van der Waals surface area contributed by atoms with Gasteiger partial charge in [-0.15, -0.1) is 0 Å². The topological polar surface area (TPSA) is 76.2 Å². The Morgan fingerprint density at radius 2 is 1.70 bits per heavy atom. The highest BCUT2D eigenvalue weighted by atomic mass is 32.2. The minimum Gasteiger partial charge on any atom is -0.493 e. The standard InChI is InChI=1S/C21H25FN2O5S/c1-28-19-12-16(21(25)23-10-6-7-11-23)18(13-20(19)29-2)24(30(3,26)27)14-15-8-4-5-9-17(15)22/h4-5,8-9,12-13H,6-7,10-11,14H2,1-3H3. The zero-order chi connectivity index (χ0) is 21.9. The lowest BCUT2D eigenvalue weighted by Gasteiger charge is -2.27. The fraction of sp³-hybridized carbons (Fsp3) is 0.381. The van der Waals surface area contributed by atoms with Crippen LogP contribution in [0.15, 0.2) is 36.4 Å². The van der Waals surface area contributed by atoms with E-state index in [1.807, 2.05) is 0 Å². The van der Waals surface area contributed by atoms with E-state index in [9.17, 15) is 17.6 Å². The fourth-order valence-electron chi connectivity index (χ4n) is 3.50. The summed E-state index contributed by atoms with van der Waals surface area (Å²) in [5.41, 5.74) is 0.476. The molecule has 0 spiro atoms. The van der Waals surface area contributed by atoms with Gasteiger partial charge in [-0.3, -0.25) is 9.10 Å². The van der Waals surface area contributed by atoms with Crippen LogP contribution in [0.5, 0.6) is 11.5 Å². The van der Waals surface area contributed by atoms with Gasteiger partial charge in [-0.25, -0.2) is 12.8 Å². The smallest absolute Gasteiger partial charge is 0.256 e. The molecule has 1 aliphatic heterocycles. The molecule has 162 valence electrons. The highest BCUT2D eigenvalue weighted by molar-refractivity contribution is 7.92. The van der Waals surface area contributed by atoms with Crippen molar-refractivity contribution in [1.82, 2.24) is 4.90 Å². The Hall–Kier alpha value is -2.81. The number of likely N-dealkylation sites (tertiary alicyclic amines) is 1. The van der Waals surface area contributed by atoms with Gasteiger partial charge in [0.15, 0.2) is 11.5 Å². The van der Waals surface area contributed by atoms with Gasteiger partial charge in [0, 0.05) is 24.7 Å². The summed E-state index contributed by atoms with van der Waals surface area (Å²) >= 11 is 0. The Kier molecular flexibility index (Phi) is 6.50. The second-order valence-electron chi connectivity index (χ2n) is 7.08. The largest absolute Gasteiger partial charge is 0.493 e. The van der Waals surface area contributed by atoms with Gasteiger partial charge in [0.05, 0.1) is 38.3 Å². The number of anilines is 1. The Labute approximate surface area is 176 Å². The first-order valence-corrected chi connectivity index (χ1v) is 11.4. The highest BCUT2D eigenvalue weighted by Gasteiger charge is 2.30. The number of amides is 1. The third-order valence-corrected chi connectivity index (χ3v) is 6.19. The maximum absolute atomic E-state index is 14.3. The van der Waals surface area contributed by atoms with Gasteiger partial charge in [0.2, 0.25) is 10.0 Å². The number of halogens is 1. The van der Waals surface area contributed by atoms with Crippen LogP contribution in [0.3, 0.4) is 0 Å². The van der Waals surface area contributed by atoms with Crippen molar-refractivity contribution in [2.45, 2.75) is 19.4 Å². The molecule has 7 nitrogen and oxygen atoms in total. The second kappa shape index (κ2) is 8.91. The first-order chi connectivity index (χ1) is 14.3. The lowest BCUT2D eigenvalue weighted by atomic mass is 10.1. The third kappa shape index (κ3) is 4.51. The van der Waals surface area contributed by atoms with E-state index in [0.717, 1.165) is 23.4 Å². The van der Waals surface area contributed by atoms with Crippen molar-refractivity contribution in [3.63, 3.8) is 0 Å². The number of hydrogen-bond acceptors (Lipinski definition) is 5. The van der Waals surface area contributed by atoms with Gasteiger partial charge in [-0.05, 0) is 25.0 Å². The van der Waals surface area contributed by atoms with Gasteiger partial charge in [0.1, 0.15) is 5.82 Å². The fourth-order valence-corrected chi connectivity index (χ4v) is 4.38. The van der Waals surface area contributed by atoms with Crippen LogP contribution < -0.4 is 13.8 Å². The normalized spacial score (nSPS) is 13.9. The molecule has 30 heavy (non-hydrogen) atoms. The van der Waals surface area contributed by atoms with Crippen molar-refractivity contribution in [3.8, 4) is 11.5 Å². The molecule has 0 N–H and O–H groups in total. The molecule has 0 aromatic heterocycles. The summed E-state index contributed by atoms with van der Waals surface area (Å²) in [4.78, 5) is 14.9. The van der Waals surface area contributed by atoms with E-state index < -0.39 is 15.8 Å². The molecule has 2 aromatic rings. The number of carbonyl (C=O) groups is 1. The summed E-state index contributed by atoms with van der Waals surface area (Å²) in [6.45, 7) is 0.929. The van der Waals surface area contributed by atoms with Gasteiger partial charge in [-0.2, -0.15) is 0 Å². The van der Waals surface area contributed by atoms with Gasteiger partial charge in [0.25, 0.3) is 5.91 Å². The summed E-state index contributed by atoms with van der Waals surface area (Å²) in [5.74, 6) is -0.250. The molecule has 3 rings (SSSR count). The molecule has 0 bridgehead atoms. The van der Waals surface area contributed by atoms with Crippen molar-refractivity contribution >= 4 is 21.6 Å². The van der Waals surface area contributed by atoms with Crippen LogP contribution in [-0.2, 0) is 16.6 Å². The van der Waals surface area contributed by atoms with Crippen LogP contribution in [0, 0.1) is 5.82 Å². The number of ether oxygens (including phenoxy) is 2. The Bertz CT molecular complexity index is 1040. The van der Waals surface area contributed by atoms with E-state index in [2.05, 4.69) is 0 Å². The van der Waals surface area contributed by atoms with Crippen molar-refractivity contribution < 1.29 is 27.1 Å². The highest BCUT2D eigenvalue weighted by Crippen LogP contribution is 2.38. The summed E-state index contributed by atoms with van der Waals surface area (Å²) in [6.07, 6.45) is 2.80. The minimum absolute atomic E-state index is 0.121. The maximum atomic E-state index is 14.3. The van der Waals surface area contributed by atoms with E-state index in [1.54, 1.807) is 11.0 Å². The van der Waals surface area contributed by atoms with Gasteiger partial charge in [-0.1, -0.05) is 18.2 Å². The number of carbonyl (C=O) groups excluding carboxylic acids is 1. The predicted molar refractivity (Wildman–Crippen MR) is 112 cm³/mol. The number of hydrogen-bond donors (Lipinski definition) is 0. The van der Waals surface area contributed by atoms with E-state index in [-0.39, 0.29) is 35.0 Å². The van der Waals surface area contributed by atoms with Crippen molar-refractivity contribution in [2.75, 3.05) is 37.9 Å². The zero-order valence-electron chi connectivity index (χ0n) is 17.2. The van der Waals surface area contributed by atoms with Crippen LogP contribution in [-0.4, -0.2) is 52.8 Å². The third-order valence-electron chi connectivity index (χ3n) is 5.07. The van der Waals surface area contributed by atoms with Crippen LogP contribution in [0.4, 0.5) is 10.1 Å². The molecule has 1 aliphatic rings. The lowest BCUT2D eigenvalue weighted by Crippen LogP contribution is -2.34. The molecule has 9 heteroatoms. The van der Waals surface area contributed by atoms with E-state index in [0.29, 0.717) is 18.8 Å². The monoisotopic (exact) mass is 436 g/mol. The molecule has 0 unspecified atom stereocenters. The average Bonchev–Trinajstić information content (AvgIpc) is 3.25. The maximum Gasteiger partial charge on any atom is 0.256 e. The van der Waals surface area contributed by atoms with E-state index in [4.69, 9.17) is 9.47 Å². The summed E-state index contributed by atoms with van der Waals surface area (Å²) < 4.78 is 51.4. The number of rotatable bonds is 7. The van der Waals surface area contributed by atoms with Crippen LogP contribution in [0.25, 0.3) is 0 Å². The van der Waals surface area contributed by atoms with Crippen LogP contribution in [0.1, 0.15) is 28.8 Å². The lowest BCUT2D eigenvalue weighted by molar-refractivity contribution is 0.0793. The summed E-state index contributed by atoms with van der Waals surface area (Å²) in [5, 5.41) is 0. The minimum atomic E-state index is -3.86. The Morgan fingerprint density at radius 1 is 1.10 bits per heavy atom. The quantitative estimate of drug-likeness (QED) is 0.667. The molecular formula is C21H25FN2O5S. The summed E-state index contributed by atoms with van der Waals surface area (Å²) in [6, 6.07) is 8.86. The molecule has 1 heterocycles. The molecule has 1 saturated heterocycles. The number of sulfonamides is 1. The first-order valence-electron chi connectivity index (χ1n) is 9.52. The molecule has 0 saturated carbocycles.